The summed E-state index contributed by atoms with van der Waals surface area (Å²) in [6, 6.07) is 14.1. The van der Waals surface area contributed by atoms with E-state index in [1.165, 1.54) is 18.2 Å². The van der Waals surface area contributed by atoms with Gasteiger partial charge in [-0.05, 0) is 82.3 Å². The summed E-state index contributed by atoms with van der Waals surface area (Å²) >= 11 is 6.39. The lowest BCUT2D eigenvalue weighted by molar-refractivity contribution is 0.102. The van der Waals surface area contributed by atoms with Crippen molar-refractivity contribution in [2.24, 2.45) is 43.3 Å². The van der Waals surface area contributed by atoms with E-state index in [0.29, 0.717) is 56.5 Å². The molecule has 0 aromatic heterocycles. The Kier molecular flexibility index (Phi) is 13.7. The fourth-order valence-electron chi connectivity index (χ4n) is 4.33. The van der Waals surface area contributed by atoms with Crippen LogP contribution in [0.1, 0.15) is 70.7 Å². The van der Waals surface area contributed by atoms with E-state index >= 15 is 0 Å². The molecule has 21 heteroatoms. The predicted molar refractivity (Wildman–Crippen MR) is 209 cm³/mol. The molecule has 0 fully saturated rings. The number of benzene rings is 3. The molecule has 2 amide bonds. The molecule has 0 spiro atoms. The average molecular weight is 743 g/mol. The van der Waals surface area contributed by atoms with Gasteiger partial charge in [-0.15, -0.1) is 0 Å². The lowest BCUT2D eigenvalue weighted by Crippen LogP contribution is -2.27. The number of halogens is 1. The number of nitrogens with one attached hydrogen (secondary N) is 10. The Hall–Kier alpha value is -7.35. The Morgan fingerprint density at radius 1 is 0.472 bits per heavy atom. The molecule has 0 bridgehead atoms. The number of carbonyl (C=O) groups is 2. The number of amides is 2. The summed E-state index contributed by atoms with van der Waals surface area (Å²) in [4.78, 5) is 27.2. The second kappa shape index (κ2) is 18.1. The van der Waals surface area contributed by atoms with E-state index in [0.717, 1.165) is 0 Å². The molecule has 0 aliphatic carbocycles. The lowest BCUT2D eigenvalue weighted by atomic mass is 10.0. The molecule has 20 nitrogen and oxygen atoms in total. The van der Waals surface area contributed by atoms with Gasteiger partial charge in [0.05, 0.1) is 22.8 Å². The number of anilines is 2. The van der Waals surface area contributed by atoms with Crippen LogP contribution in [0.4, 0.5) is 11.4 Å². The molecule has 0 atom stereocenters. The van der Waals surface area contributed by atoms with Gasteiger partial charge in [0.1, 0.15) is 0 Å². The van der Waals surface area contributed by atoms with Crippen LogP contribution in [0.5, 0.6) is 0 Å². The van der Waals surface area contributed by atoms with Gasteiger partial charge >= 0.3 is 0 Å². The molecule has 276 valence electrons. The van der Waals surface area contributed by atoms with Gasteiger partial charge in [-0.25, -0.2) is 21.7 Å². The van der Waals surface area contributed by atoms with Gasteiger partial charge in [0.2, 0.25) is 23.8 Å². The molecule has 53 heavy (non-hydrogen) atoms. The van der Waals surface area contributed by atoms with Gasteiger partial charge in [0.15, 0.2) is 0 Å². The number of guanidine groups is 4. The number of rotatable bonds is 12. The highest BCUT2D eigenvalue weighted by molar-refractivity contribution is 6.31. The molecule has 18 N–H and O–H groups in total. The molecule has 3 aromatic rings. The third kappa shape index (κ3) is 12.5. The summed E-state index contributed by atoms with van der Waals surface area (Å²) in [5.74, 6) is -2.69. The van der Waals surface area contributed by atoms with Crippen LogP contribution >= 0.6 is 11.6 Å². The number of nitrogens with zero attached hydrogens (tertiary/aromatic N) is 4. The monoisotopic (exact) mass is 742 g/mol. The first-order chi connectivity index (χ1) is 24.9. The summed E-state index contributed by atoms with van der Waals surface area (Å²) < 4.78 is 0. The summed E-state index contributed by atoms with van der Waals surface area (Å²) in [6.07, 6.45) is 0. The molecule has 0 aliphatic rings. The van der Waals surface area contributed by atoms with E-state index < -0.39 is 11.8 Å². The molecule has 0 aliphatic heterocycles. The van der Waals surface area contributed by atoms with Crippen LogP contribution in [0, 0.1) is 21.6 Å². The largest absolute Gasteiger partial charge is 0.369 e. The van der Waals surface area contributed by atoms with Crippen molar-refractivity contribution in [3.8, 4) is 0 Å². The fourth-order valence-corrected chi connectivity index (χ4v) is 4.56. The first-order valence-electron chi connectivity index (χ1n) is 15.2. The average Bonchev–Trinajstić information content (AvgIpc) is 3.09. The van der Waals surface area contributed by atoms with Crippen LogP contribution in [-0.4, -0.2) is 58.5 Å². The number of hydrogen-bond donors (Lipinski definition) is 14. The minimum absolute atomic E-state index is 0.0629. The van der Waals surface area contributed by atoms with Crippen LogP contribution < -0.4 is 55.3 Å². The van der Waals surface area contributed by atoms with Crippen molar-refractivity contribution in [1.82, 2.24) is 21.7 Å². The van der Waals surface area contributed by atoms with E-state index in [4.69, 9.17) is 56.2 Å². The Labute approximate surface area is 308 Å². The van der Waals surface area contributed by atoms with Gasteiger partial charge < -0.3 is 33.6 Å². The molecule has 0 radical (unpaired) electrons. The molecular weight excluding hydrogens is 704 g/mol. The van der Waals surface area contributed by atoms with Crippen LogP contribution in [0.3, 0.4) is 0 Å². The molecule has 0 saturated carbocycles. The maximum Gasteiger partial charge on any atom is 0.255 e. The summed E-state index contributed by atoms with van der Waals surface area (Å²) in [5, 5.41) is 51.6. The first-order valence-corrected chi connectivity index (χ1v) is 15.6. The highest BCUT2D eigenvalue weighted by Gasteiger charge is 2.16. The molecular formula is C32H39ClN18O2. The normalized spacial score (nSPS) is 11.9. The maximum absolute atomic E-state index is 13.6. The number of carbonyl (C=O) groups excluding carboxylic acids is 2. The van der Waals surface area contributed by atoms with Gasteiger partial charge in [0.25, 0.3) is 11.8 Å². The second-order valence-electron chi connectivity index (χ2n) is 11.1. The Morgan fingerprint density at radius 2 is 0.717 bits per heavy atom. The van der Waals surface area contributed by atoms with E-state index in [2.05, 4.69) is 52.7 Å². The number of nitrogens with two attached hydrogens (primary N) is 4. The predicted octanol–water partition coefficient (Wildman–Crippen LogP) is 1.67. The van der Waals surface area contributed by atoms with E-state index in [1.54, 1.807) is 64.1 Å². The van der Waals surface area contributed by atoms with E-state index in [-0.39, 0.29) is 40.0 Å². The van der Waals surface area contributed by atoms with E-state index in [1.807, 2.05) is 0 Å². The SMILES string of the molecule is C/C(=N/NC(=N)N)c1cc(NC(=O)c2cc(Cl)cc(C(=O)Nc3cc(/C(C)=N\NC(=N)N)cc(/C(C)=N/NC(=N)N)c3)c2)cc(/C(C)=N\NC(=N)N)c1. The van der Waals surface area contributed by atoms with Crippen molar-refractivity contribution in [1.29, 1.82) is 21.6 Å². The van der Waals surface area contributed by atoms with Crippen molar-refractivity contribution in [2.75, 3.05) is 10.6 Å². The number of hydrazone groups is 4. The molecule has 0 heterocycles. The third-order valence-electron chi connectivity index (χ3n) is 6.85. The van der Waals surface area contributed by atoms with Gasteiger partial charge in [-0.1, -0.05) is 11.6 Å². The van der Waals surface area contributed by atoms with Crippen molar-refractivity contribution in [2.45, 2.75) is 27.7 Å². The quantitative estimate of drug-likeness (QED) is 0.0723. The minimum Gasteiger partial charge on any atom is -0.369 e. The van der Waals surface area contributed by atoms with Gasteiger partial charge in [-0.3, -0.25) is 31.2 Å². The zero-order valence-electron chi connectivity index (χ0n) is 29.0. The van der Waals surface area contributed by atoms with Crippen molar-refractivity contribution >= 4 is 81.5 Å². The first kappa shape index (κ1) is 40.1. The smallest absolute Gasteiger partial charge is 0.255 e. The van der Waals surface area contributed by atoms with Crippen LogP contribution in [0.15, 0.2) is 75.0 Å². The zero-order valence-corrected chi connectivity index (χ0v) is 29.7. The number of hydrogen-bond acceptors (Lipinski definition) is 10. The molecule has 0 saturated heterocycles. The Morgan fingerprint density at radius 3 is 0.962 bits per heavy atom. The fraction of sp³-hybridized carbons (Fsp3) is 0.125. The molecule has 0 unspecified atom stereocenters. The highest BCUT2D eigenvalue weighted by Crippen LogP contribution is 2.23. The van der Waals surface area contributed by atoms with Crippen LogP contribution in [-0.2, 0) is 0 Å². The van der Waals surface area contributed by atoms with E-state index in [9.17, 15) is 9.59 Å². The summed E-state index contributed by atoms with van der Waals surface area (Å²) in [5.41, 5.74) is 35.6. The molecule has 3 rings (SSSR count). The van der Waals surface area contributed by atoms with Gasteiger partial charge in [-0.2, -0.15) is 20.4 Å². The van der Waals surface area contributed by atoms with Crippen molar-refractivity contribution < 1.29 is 9.59 Å². The third-order valence-corrected chi connectivity index (χ3v) is 7.07. The van der Waals surface area contributed by atoms with Gasteiger partial charge in [0, 0.05) is 49.8 Å². The summed E-state index contributed by atoms with van der Waals surface area (Å²) in [6.45, 7) is 6.65. The Balaban J connectivity index is 1.99. The minimum atomic E-state index is -0.601. The zero-order chi connectivity index (χ0) is 39.4. The van der Waals surface area contributed by atoms with Crippen molar-refractivity contribution in [3.63, 3.8) is 0 Å². The van der Waals surface area contributed by atoms with Crippen molar-refractivity contribution in [3.05, 3.63) is 93.0 Å². The lowest BCUT2D eigenvalue weighted by Gasteiger charge is -2.13. The topological polar surface area (TPSA) is 355 Å². The maximum atomic E-state index is 13.6. The van der Waals surface area contributed by atoms with Crippen LogP contribution in [0.2, 0.25) is 5.02 Å². The standard InChI is InChI=1S/C32H39ClN18O2/c1-14(44-48-29(34)35)18-5-19(15(2)45-49-30(36)37)11-25(10-18)42-27(52)22-7-23(9-24(33)8-22)28(53)43-26-12-20(16(3)46-50-31(38)39)6-21(13-26)17(4)47-51-32(40)41/h5-13H,1-4H3,(H,42,52)(H,43,53)(H4,34,35,48)(H4,36,37,49)(H4,38,39,50)(H4,40,41,51)/b44-14-,45-15-,46-16-,47-17+. The second-order valence-corrected chi connectivity index (χ2v) is 11.6. The highest BCUT2D eigenvalue weighted by atomic mass is 35.5. The molecule has 3 aromatic carbocycles. The summed E-state index contributed by atoms with van der Waals surface area (Å²) in [7, 11) is 0. The van der Waals surface area contributed by atoms with Crippen LogP contribution in [0.25, 0.3) is 0 Å². The Bertz CT molecular complexity index is 1860.